The van der Waals surface area contributed by atoms with E-state index in [4.69, 9.17) is 14.2 Å². The van der Waals surface area contributed by atoms with Crippen molar-refractivity contribution in [1.29, 1.82) is 0 Å². The van der Waals surface area contributed by atoms with Crippen LogP contribution in [0.4, 0.5) is 0 Å². The fraction of sp³-hybridized carbons (Fsp3) is 0.773. The Morgan fingerprint density at radius 2 is 1.87 bits per heavy atom. The number of allylic oxidation sites excluding steroid dienone is 1. The first-order valence-corrected chi connectivity index (χ1v) is 10.7. The molecule has 2 saturated heterocycles. The highest BCUT2D eigenvalue weighted by molar-refractivity contribution is 5.96. The van der Waals surface area contributed by atoms with E-state index in [0.29, 0.717) is 6.42 Å². The highest BCUT2D eigenvalue weighted by Crippen LogP contribution is 2.72. The Hall–Kier alpha value is -1.81. The molecule has 9 heteroatoms. The van der Waals surface area contributed by atoms with Crippen molar-refractivity contribution >= 4 is 17.7 Å². The smallest absolute Gasteiger partial charge is 0.348 e. The van der Waals surface area contributed by atoms with Crippen molar-refractivity contribution in [2.24, 2.45) is 28.6 Å². The van der Waals surface area contributed by atoms with E-state index in [9.17, 15) is 29.7 Å². The van der Waals surface area contributed by atoms with Crippen LogP contribution >= 0.6 is 0 Å². The lowest BCUT2D eigenvalue weighted by atomic mass is 9.38. The molecule has 0 aromatic rings. The Bertz CT molecular complexity index is 913. The third-order valence-corrected chi connectivity index (χ3v) is 9.00. The number of ketones is 1. The minimum atomic E-state index is -1.42. The van der Waals surface area contributed by atoms with Crippen molar-refractivity contribution in [1.82, 2.24) is 0 Å². The molecule has 170 valence electrons. The van der Waals surface area contributed by atoms with Crippen LogP contribution in [0.15, 0.2) is 11.6 Å². The van der Waals surface area contributed by atoms with E-state index < -0.39 is 76.5 Å². The van der Waals surface area contributed by atoms with Crippen molar-refractivity contribution in [2.45, 2.75) is 70.2 Å². The fourth-order valence-electron chi connectivity index (χ4n) is 7.86. The van der Waals surface area contributed by atoms with Gasteiger partial charge in [0, 0.05) is 23.7 Å². The van der Waals surface area contributed by atoms with Crippen molar-refractivity contribution in [3.63, 3.8) is 0 Å². The van der Waals surface area contributed by atoms with Crippen molar-refractivity contribution in [2.75, 3.05) is 6.61 Å². The highest BCUT2D eigenvalue weighted by Gasteiger charge is 2.82. The van der Waals surface area contributed by atoms with Crippen LogP contribution in [0.2, 0.25) is 0 Å². The molecule has 0 unspecified atom stereocenters. The molecule has 0 aromatic heterocycles. The quantitative estimate of drug-likeness (QED) is 0.464. The van der Waals surface area contributed by atoms with Crippen LogP contribution in [-0.2, 0) is 28.6 Å². The Balaban J connectivity index is 1.76. The average Bonchev–Trinajstić information content (AvgIpc) is 2.95. The van der Waals surface area contributed by atoms with Gasteiger partial charge in [-0.25, -0.2) is 4.79 Å². The molecule has 3 aliphatic carbocycles. The highest BCUT2D eigenvalue weighted by atomic mass is 16.6. The second-order valence-electron chi connectivity index (χ2n) is 10.3. The summed E-state index contributed by atoms with van der Waals surface area (Å²) in [6, 6.07) is 0. The van der Waals surface area contributed by atoms with Gasteiger partial charge in [0.05, 0.1) is 18.6 Å². The molecule has 2 heterocycles. The van der Waals surface area contributed by atoms with Crippen LogP contribution in [0.25, 0.3) is 0 Å². The minimum Gasteiger partial charge on any atom is -0.459 e. The number of hydrogen-bond donors (Lipinski definition) is 3. The average molecular weight is 436 g/mol. The number of hydrogen-bond acceptors (Lipinski definition) is 9. The lowest BCUT2D eigenvalue weighted by molar-refractivity contribution is -0.297. The number of aliphatic hydroxyl groups excluding tert-OH is 3. The van der Waals surface area contributed by atoms with Gasteiger partial charge >= 0.3 is 11.9 Å². The Morgan fingerprint density at radius 1 is 1.19 bits per heavy atom. The molecule has 4 fully saturated rings. The largest absolute Gasteiger partial charge is 0.459 e. The second kappa shape index (κ2) is 6.15. The maximum atomic E-state index is 13.0. The van der Waals surface area contributed by atoms with Crippen LogP contribution in [0, 0.1) is 28.6 Å². The summed E-state index contributed by atoms with van der Waals surface area (Å²) < 4.78 is 17.3. The molecular weight excluding hydrogens is 408 g/mol. The summed E-state index contributed by atoms with van der Waals surface area (Å²) in [6.07, 6.45) is -4.45. The molecule has 1 spiro atoms. The van der Waals surface area contributed by atoms with Crippen molar-refractivity contribution < 1.29 is 43.9 Å². The monoisotopic (exact) mass is 436 g/mol. The zero-order valence-electron chi connectivity index (χ0n) is 17.9. The van der Waals surface area contributed by atoms with E-state index in [0.717, 1.165) is 5.57 Å². The van der Waals surface area contributed by atoms with Crippen LogP contribution in [-0.4, -0.2) is 75.8 Å². The molecule has 0 amide bonds. The standard InChI is InChI=1S/C22H28O9/c1-8-5-11(24)17(26)20(3)10(8)6-12-22-7-29-21(4,18(27)13(25)15(20)22)16(22)14(19(28)31-12)30-9(2)23/h5,10,12-18,25-27H,6-7H2,1-4H3/t10-,12+,13+,14+,15+,16-,17+,18-,20-,21+,22+/m0/s1. The Labute approximate surface area is 179 Å². The molecule has 2 saturated carbocycles. The van der Waals surface area contributed by atoms with Crippen molar-refractivity contribution in [3.05, 3.63) is 11.6 Å². The number of ether oxygens (including phenoxy) is 3. The van der Waals surface area contributed by atoms with Gasteiger partial charge in [0.1, 0.15) is 23.9 Å². The zero-order valence-corrected chi connectivity index (χ0v) is 17.9. The van der Waals surface area contributed by atoms with Gasteiger partial charge in [-0.05, 0) is 32.3 Å². The summed E-state index contributed by atoms with van der Waals surface area (Å²) in [6.45, 7) is 6.36. The van der Waals surface area contributed by atoms with Gasteiger partial charge in [-0.3, -0.25) is 9.59 Å². The Kier molecular flexibility index (Phi) is 4.18. The van der Waals surface area contributed by atoms with Gasteiger partial charge < -0.3 is 29.5 Å². The number of esters is 2. The summed E-state index contributed by atoms with van der Waals surface area (Å²) in [5.41, 5.74) is -2.81. The molecule has 5 aliphatic rings. The molecule has 3 N–H and O–H groups in total. The number of aliphatic hydroxyl groups is 3. The van der Waals surface area contributed by atoms with Crippen LogP contribution in [0.5, 0.6) is 0 Å². The summed E-state index contributed by atoms with van der Waals surface area (Å²) in [7, 11) is 0. The molecule has 0 aromatic carbocycles. The number of rotatable bonds is 1. The van der Waals surface area contributed by atoms with Crippen LogP contribution in [0.3, 0.4) is 0 Å². The first-order valence-electron chi connectivity index (χ1n) is 10.7. The van der Waals surface area contributed by atoms with E-state index in [-0.39, 0.29) is 12.5 Å². The summed E-state index contributed by atoms with van der Waals surface area (Å²) >= 11 is 0. The number of carbonyl (C=O) groups excluding carboxylic acids is 3. The van der Waals surface area contributed by atoms with E-state index in [1.54, 1.807) is 20.8 Å². The number of carbonyl (C=O) groups is 3. The maximum absolute atomic E-state index is 13.0. The molecule has 11 atom stereocenters. The van der Waals surface area contributed by atoms with Gasteiger partial charge in [0.25, 0.3) is 0 Å². The summed E-state index contributed by atoms with van der Waals surface area (Å²) in [5, 5.41) is 33.6. The summed E-state index contributed by atoms with van der Waals surface area (Å²) in [5.74, 6) is -3.84. The van der Waals surface area contributed by atoms with E-state index in [1.807, 2.05) is 0 Å². The lowest BCUT2D eigenvalue weighted by Crippen LogP contribution is -2.78. The predicted molar refractivity (Wildman–Crippen MR) is 102 cm³/mol. The molecule has 5 rings (SSSR count). The third kappa shape index (κ3) is 2.23. The topological polar surface area (TPSA) is 140 Å². The molecule has 2 bridgehead atoms. The third-order valence-electron chi connectivity index (χ3n) is 9.00. The minimum absolute atomic E-state index is 0.0364. The second-order valence-corrected chi connectivity index (χ2v) is 10.3. The van der Waals surface area contributed by atoms with E-state index in [2.05, 4.69) is 0 Å². The zero-order chi connectivity index (χ0) is 22.7. The SMILES string of the molecule is CC(=O)O[C@H]1C(=O)O[C@@H]2C[C@H]3C(C)=CC(=O)[C@@H](O)[C@]3(C)[C@H]3[C@@H](O)[C@H](O)[C@]4(C)OC[C@]32[C@@H]14. The van der Waals surface area contributed by atoms with Gasteiger partial charge in [-0.2, -0.15) is 0 Å². The lowest BCUT2D eigenvalue weighted by Gasteiger charge is -2.68. The van der Waals surface area contributed by atoms with Gasteiger partial charge in [-0.1, -0.05) is 12.5 Å². The first-order chi connectivity index (χ1) is 14.4. The fourth-order valence-corrected chi connectivity index (χ4v) is 7.86. The van der Waals surface area contributed by atoms with Crippen LogP contribution in [0.1, 0.15) is 34.1 Å². The van der Waals surface area contributed by atoms with Crippen LogP contribution < -0.4 is 0 Å². The normalized spacial score (nSPS) is 55.0. The van der Waals surface area contributed by atoms with Crippen molar-refractivity contribution in [3.8, 4) is 0 Å². The summed E-state index contributed by atoms with van der Waals surface area (Å²) in [4.78, 5) is 37.4. The molecule has 0 radical (unpaired) electrons. The molecule has 31 heavy (non-hydrogen) atoms. The number of fused-ring (bicyclic) bond motifs is 2. The molecule has 2 aliphatic heterocycles. The molecular formula is C22H28O9. The van der Waals surface area contributed by atoms with Gasteiger partial charge in [0.2, 0.25) is 6.10 Å². The van der Waals surface area contributed by atoms with E-state index >= 15 is 0 Å². The first kappa shape index (κ1) is 21.1. The predicted octanol–water partition coefficient (Wildman–Crippen LogP) is -0.497. The van der Waals surface area contributed by atoms with E-state index in [1.165, 1.54) is 13.0 Å². The van der Waals surface area contributed by atoms with Gasteiger partial charge in [0.15, 0.2) is 5.78 Å². The maximum Gasteiger partial charge on any atom is 0.348 e. The Morgan fingerprint density at radius 3 is 2.52 bits per heavy atom. The van der Waals surface area contributed by atoms with Gasteiger partial charge in [-0.15, -0.1) is 0 Å². The molecule has 9 nitrogen and oxygen atoms in total.